The smallest absolute Gasteiger partial charge is 0.239 e. The first kappa shape index (κ1) is 15.2. The van der Waals surface area contributed by atoms with Crippen LogP contribution in [-0.4, -0.2) is 47.6 Å². The molecule has 1 aliphatic heterocycles. The van der Waals surface area contributed by atoms with Crippen LogP contribution in [0.1, 0.15) is 19.4 Å². The molecule has 110 valence electrons. The molecule has 1 fully saturated rings. The highest BCUT2D eigenvalue weighted by molar-refractivity contribution is 6.30. The van der Waals surface area contributed by atoms with Crippen molar-refractivity contribution in [2.75, 3.05) is 19.8 Å². The van der Waals surface area contributed by atoms with Crippen molar-refractivity contribution < 1.29 is 9.53 Å². The molecule has 1 N–H and O–H groups in total. The van der Waals surface area contributed by atoms with Gasteiger partial charge >= 0.3 is 0 Å². The van der Waals surface area contributed by atoms with Gasteiger partial charge in [0.25, 0.3) is 0 Å². The number of hydrogen-bond acceptors (Lipinski definition) is 4. The van der Waals surface area contributed by atoms with E-state index in [2.05, 4.69) is 15.2 Å². The van der Waals surface area contributed by atoms with E-state index in [1.54, 1.807) is 6.20 Å². The molecule has 0 bridgehead atoms. The first-order valence-corrected chi connectivity index (χ1v) is 7.17. The van der Waals surface area contributed by atoms with Crippen molar-refractivity contribution in [2.24, 2.45) is 0 Å². The summed E-state index contributed by atoms with van der Waals surface area (Å²) in [4.78, 5) is 18.4. The average molecular weight is 298 g/mol. The molecule has 2 heterocycles. The van der Waals surface area contributed by atoms with Gasteiger partial charge in [-0.1, -0.05) is 17.7 Å². The summed E-state index contributed by atoms with van der Waals surface area (Å²) in [5, 5.41) is 3.42. The molecule has 0 aliphatic carbocycles. The van der Waals surface area contributed by atoms with Crippen molar-refractivity contribution in [3.05, 3.63) is 29.0 Å². The molecule has 0 aromatic carbocycles. The quantitative estimate of drug-likeness (QED) is 0.855. The number of pyridine rings is 1. The van der Waals surface area contributed by atoms with E-state index < -0.39 is 0 Å². The molecule has 20 heavy (non-hydrogen) atoms. The number of rotatable bonds is 4. The minimum atomic E-state index is -0.276. The Kier molecular flexibility index (Phi) is 5.34. The summed E-state index contributed by atoms with van der Waals surface area (Å²) in [7, 11) is 0. The van der Waals surface area contributed by atoms with Gasteiger partial charge in [0, 0.05) is 30.9 Å². The van der Waals surface area contributed by atoms with Crippen molar-refractivity contribution in [1.82, 2.24) is 15.2 Å². The van der Waals surface area contributed by atoms with E-state index in [1.165, 1.54) is 0 Å². The topological polar surface area (TPSA) is 54.5 Å². The van der Waals surface area contributed by atoms with Crippen LogP contribution in [-0.2, 0) is 16.1 Å². The summed E-state index contributed by atoms with van der Waals surface area (Å²) in [5.74, 6) is -0.000266. The molecule has 2 rings (SSSR count). The molecule has 0 spiro atoms. The van der Waals surface area contributed by atoms with E-state index in [0.29, 0.717) is 31.5 Å². The van der Waals surface area contributed by atoms with Crippen LogP contribution in [0.4, 0.5) is 0 Å². The normalized spacial score (nSPS) is 20.1. The van der Waals surface area contributed by atoms with Gasteiger partial charge in [0.15, 0.2) is 0 Å². The molecule has 1 atom stereocenters. The summed E-state index contributed by atoms with van der Waals surface area (Å²) >= 11 is 6.09. The van der Waals surface area contributed by atoms with E-state index in [9.17, 15) is 4.79 Å². The maximum atomic E-state index is 12.2. The van der Waals surface area contributed by atoms with Crippen molar-refractivity contribution in [3.63, 3.8) is 0 Å². The molecular weight excluding hydrogens is 278 g/mol. The van der Waals surface area contributed by atoms with Crippen molar-refractivity contribution in [2.45, 2.75) is 32.5 Å². The molecule has 1 aliphatic rings. The van der Waals surface area contributed by atoms with E-state index in [4.69, 9.17) is 16.3 Å². The summed E-state index contributed by atoms with van der Waals surface area (Å²) in [6.45, 7) is 6.25. The zero-order valence-corrected chi connectivity index (χ0v) is 12.6. The fraction of sp³-hybridized carbons (Fsp3) is 0.571. The van der Waals surface area contributed by atoms with Crippen molar-refractivity contribution in [3.8, 4) is 0 Å². The number of ether oxygens (including phenoxy) is 1. The number of carbonyl (C=O) groups is 1. The monoisotopic (exact) mass is 297 g/mol. The molecule has 1 saturated heterocycles. The summed E-state index contributed by atoms with van der Waals surface area (Å²) in [5.41, 5.74) is 0.929. The highest BCUT2D eigenvalue weighted by Crippen LogP contribution is 2.17. The van der Waals surface area contributed by atoms with Gasteiger partial charge in [0.05, 0.1) is 13.2 Å². The second kappa shape index (κ2) is 7.02. The number of amides is 1. The average Bonchev–Trinajstić information content (AvgIpc) is 2.41. The van der Waals surface area contributed by atoms with Gasteiger partial charge in [0.1, 0.15) is 11.2 Å². The number of hydrogen-bond donors (Lipinski definition) is 1. The Balaban J connectivity index is 2.07. The van der Waals surface area contributed by atoms with Crippen LogP contribution in [0.15, 0.2) is 18.3 Å². The highest BCUT2D eigenvalue weighted by atomic mass is 35.5. The number of morpholine rings is 1. The van der Waals surface area contributed by atoms with Gasteiger partial charge in [-0.25, -0.2) is 4.98 Å². The SMILES string of the molecule is CC(C)NC(=O)C1COCCN1Cc1cccnc1Cl. The summed E-state index contributed by atoms with van der Waals surface area (Å²) < 4.78 is 5.43. The highest BCUT2D eigenvalue weighted by Gasteiger charge is 2.30. The zero-order valence-electron chi connectivity index (χ0n) is 11.8. The molecule has 1 aromatic rings. The number of aromatic nitrogens is 1. The minimum Gasteiger partial charge on any atom is -0.378 e. The third kappa shape index (κ3) is 3.91. The van der Waals surface area contributed by atoms with Gasteiger partial charge in [-0.05, 0) is 19.9 Å². The first-order chi connectivity index (χ1) is 9.58. The Labute approximate surface area is 124 Å². The standard InChI is InChI=1S/C14H20ClN3O2/c1-10(2)17-14(19)12-9-20-7-6-18(12)8-11-4-3-5-16-13(11)15/h3-5,10,12H,6-9H2,1-2H3,(H,17,19). The number of carbonyl (C=O) groups excluding carboxylic acids is 1. The van der Waals surface area contributed by atoms with Crippen LogP contribution in [0.3, 0.4) is 0 Å². The Morgan fingerprint density at radius 3 is 3.15 bits per heavy atom. The lowest BCUT2D eigenvalue weighted by molar-refractivity contribution is -0.133. The molecule has 1 aromatic heterocycles. The van der Waals surface area contributed by atoms with Crippen LogP contribution in [0, 0.1) is 0 Å². The van der Waals surface area contributed by atoms with Crippen molar-refractivity contribution in [1.29, 1.82) is 0 Å². The number of nitrogens with zero attached hydrogens (tertiary/aromatic N) is 2. The Morgan fingerprint density at radius 1 is 1.65 bits per heavy atom. The van der Waals surface area contributed by atoms with Gasteiger partial charge in [0.2, 0.25) is 5.91 Å². The number of halogens is 1. The van der Waals surface area contributed by atoms with Crippen LogP contribution in [0.2, 0.25) is 5.15 Å². The lowest BCUT2D eigenvalue weighted by atomic mass is 10.1. The Morgan fingerprint density at radius 2 is 2.45 bits per heavy atom. The van der Waals surface area contributed by atoms with Crippen molar-refractivity contribution >= 4 is 17.5 Å². The van der Waals surface area contributed by atoms with Gasteiger partial charge in [-0.3, -0.25) is 9.69 Å². The zero-order chi connectivity index (χ0) is 14.5. The predicted molar refractivity (Wildman–Crippen MR) is 77.5 cm³/mol. The van der Waals surface area contributed by atoms with E-state index in [-0.39, 0.29) is 18.0 Å². The minimum absolute atomic E-state index is 0.000266. The van der Waals surface area contributed by atoms with E-state index in [0.717, 1.165) is 5.56 Å². The van der Waals surface area contributed by atoms with E-state index >= 15 is 0 Å². The third-order valence-corrected chi connectivity index (χ3v) is 3.52. The lowest BCUT2D eigenvalue weighted by Crippen LogP contribution is -2.54. The fourth-order valence-corrected chi connectivity index (χ4v) is 2.38. The first-order valence-electron chi connectivity index (χ1n) is 6.79. The molecule has 5 nitrogen and oxygen atoms in total. The number of nitrogens with one attached hydrogen (secondary N) is 1. The second-order valence-electron chi connectivity index (χ2n) is 5.18. The Hall–Kier alpha value is -1.17. The van der Waals surface area contributed by atoms with Crippen LogP contribution in [0.5, 0.6) is 0 Å². The van der Waals surface area contributed by atoms with Gasteiger partial charge in [-0.2, -0.15) is 0 Å². The summed E-state index contributed by atoms with van der Waals surface area (Å²) in [6, 6.07) is 3.63. The lowest BCUT2D eigenvalue weighted by Gasteiger charge is -2.35. The fourth-order valence-electron chi connectivity index (χ4n) is 2.21. The van der Waals surface area contributed by atoms with E-state index in [1.807, 2.05) is 26.0 Å². The molecule has 1 amide bonds. The van der Waals surface area contributed by atoms with Crippen LogP contribution >= 0.6 is 11.6 Å². The largest absolute Gasteiger partial charge is 0.378 e. The maximum Gasteiger partial charge on any atom is 0.239 e. The molecule has 1 unspecified atom stereocenters. The molecular formula is C14H20ClN3O2. The molecule has 6 heteroatoms. The van der Waals surface area contributed by atoms with Crippen LogP contribution < -0.4 is 5.32 Å². The third-order valence-electron chi connectivity index (χ3n) is 3.18. The predicted octanol–water partition coefficient (Wildman–Crippen LogP) is 1.46. The Bertz CT molecular complexity index is 467. The second-order valence-corrected chi connectivity index (χ2v) is 5.54. The van der Waals surface area contributed by atoms with Gasteiger partial charge in [-0.15, -0.1) is 0 Å². The van der Waals surface area contributed by atoms with Gasteiger partial charge < -0.3 is 10.1 Å². The van der Waals surface area contributed by atoms with Crippen LogP contribution in [0.25, 0.3) is 0 Å². The molecule has 0 radical (unpaired) electrons. The summed E-state index contributed by atoms with van der Waals surface area (Å²) in [6.07, 6.45) is 1.66. The molecule has 0 saturated carbocycles. The maximum absolute atomic E-state index is 12.2.